The van der Waals surface area contributed by atoms with Crippen molar-refractivity contribution in [2.45, 2.75) is 18.6 Å². The van der Waals surface area contributed by atoms with Crippen LogP contribution in [0.1, 0.15) is 16.6 Å². The highest BCUT2D eigenvalue weighted by Gasteiger charge is 2.41. The lowest BCUT2D eigenvalue weighted by atomic mass is 9.97. The maximum absolute atomic E-state index is 14.9. The van der Waals surface area contributed by atoms with Crippen LogP contribution in [0.3, 0.4) is 0 Å². The minimum absolute atomic E-state index is 0.0673. The van der Waals surface area contributed by atoms with Crippen LogP contribution in [0.4, 0.5) is 41.3 Å². The Labute approximate surface area is 315 Å². The predicted octanol–water partition coefficient (Wildman–Crippen LogP) is 5.21. The third-order valence-corrected chi connectivity index (χ3v) is 9.83. The summed E-state index contributed by atoms with van der Waals surface area (Å²) in [6.07, 6.45) is 6.43. The molecule has 13 nitrogen and oxygen atoms in total. The number of hydrogen-bond donors (Lipinski definition) is 2. The van der Waals surface area contributed by atoms with E-state index in [4.69, 9.17) is 19.4 Å². The Bertz CT molecular complexity index is 2000. The molecule has 5 heterocycles. The molecule has 1 aromatic carbocycles. The molecular formula is C37H42F3N9O4S. The first-order valence-electron chi connectivity index (χ1n) is 17.2. The lowest BCUT2D eigenvalue weighted by molar-refractivity contribution is -0.127. The van der Waals surface area contributed by atoms with Crippen LogP contribution in [0.5, 0.6) is 5.75 Å². The van der Waals surface area contributed by atoms with E-state index < -0.39 is 28.9 Å². The Morgan fingerprint density at radius 3 is 2.54 bits per heavy atom. The number of carbonyl (C=O) groups is 2. The Balaban J connectivity index is 1.25. The van der Waals surface area contributed by atoms with Crippen LogP contribution in [0.15, 0.2) is 60.9 Å². The summed E-state index contributed by atoms with van der Waals surface area (Å²) in [6, 6.07) is 8.52. The van der Waals surface area contributed by atoms with E-state index in [1.54, 1.807) is 43.3 Å². The van der Waals surface area contributed by atoms with E-state index in [0.29, 0.717) is 61.4 Å². The highest BCUT2D eigenvalue weighted by Crippen LogP contribution is 2.40. The number of thiazole rings is 1. The van der Waals surface area contributed by atoms with Crippen molar-refractivity contribution in [2.24, 2.45) is 0 Å². The fourth-order valence-electron chi connectivity index (χ4n) is 6.29. The normalized spacial score (nSPS) is 16.8. The topological polar surface area (TPSA) is 128 Å². The fourth-order valence-corrected chi connectivity index (χ4v) is 7.00. The molecule has 286 valence electrons. The number of likely N-dealkylation sites (N-methyl/N-ethyl adjacent to an activating group) is 1. The van der Waals surface area contributed by atoms with Crippen molar-refractivity contribution < 1.29 is 32.2 Å². The fraction of sp³-hybridized carbons (Fsp3) is 0.378. The molecule has 0 spiro atoms. The van der Waals surface area contributed by atoms with Crippen LogP contribution in [-0.4, -0.2) is 122 Å². The number of hydrogen-bond acceptors (Lipinski definition) is 12. The molecule has 54 heavy (non-hydrogen) atoms. The summed E-state index contributed by atoms with van der Waals surface area (Å²) >= 11 is 0.958. The number of benzene rings is 1. The first kappa shape index (κ1) is 38.5. The number of anilines is 5. The molecule has 3 aromatic heterocycles. The summed E-state index contributed by atoms with van der Waals surface area (Å²) in [6.45, 7) is 4.34. The number of carbonyl (C=O) groups excluding carboxylic acids is 2. The van der Waals surface area contributed by atoms with Gasteiger partial charge in [0.15, 0.2) is 22.5 Å². The lowest BCUT2D eigenvalue weighted by Crippen LogP contribution is -2.59. The number of halogens is 3. The maximum Gasteiger partial charge on any atom is 0.267 e. The maximum atomic E-state index is 14.9. The molecule has 2 aliphatic heterocycles. The van der Waals surface area contributed by atoms with Crippen molar-refractivity contribution in [1.82, 2.24) is 24.8 Å². The number of piperazine rings is 1. The Morgan fingerprint density at radius 2 is 1.85 bits per heavy atom. The smallest absolute Gasteiger partial charge is 0.267 e. The molecule has 2 N–H and O–H groups in total. The average Bonchev–Trinajstić information content (AvgIpc) is 3.60. The highest BCUT2D eigenvalue weighted by atomic mass is 32.1. The Morgan fingerprint density at radius 1 is 1.09 bits per heavy atom. The summed E-state index contributed by atoms with van der Waals surface area (Å²) < 4.78 is 54.3. The number of amides is 2. The van der Waals surface area contributed by atoms with Gasteiger partial charge >= 0.3 is 0 Å². The average molecular weight is 766 g/mol. The number of alkyl halides is 1. The zero-order valence-corrected chi connectivity index (χ0v) is 31.4. The third-order valence-electron chi connectivity index (χ3n) is 8.92. The minimum Gasteiger partial charge on any atom is -0.493 e. The zero-order valence-electron chi connectivity index (χ0n) is 30.6. The molecule has 0 radical (unpaired) electrons. The molecule has 17 heteroatoms. The van der Waals surface area contributed by atoms with Crippen molar-refractivity contribution in [1.29, 1.82) is 0 Å². The van der Waals surface area contributed by atoms with Gasteiger partial charge in [0.05, 0.1) is 50.4 Å². The van der Waals surface area contributed by atoms with Crippen LogP contribution < -0.4 is 25.2 Å². The number of para-hydroxylation sites is 1. The van der Waals surface area contributed by atoms with E-state index in [1.807, 2.05) is 36.0 Å². The van der Waals surface area contributed by atoms with E-state index in [-0.39, 0.29) is 35.0 Å². The van der Waals surface area contributed by atoms with Gasteiger partial charge in [-0.2, -0.15) is 0 Å². The molecule has 4 aromatic rings. The van der Waals surface area contributed by atoms with Crippen molar-refractivity contribution in [2.75, 3.05) is 94.6 Å². The molecule has 0 saturated carbocycles. The lowest BCUT2D eigenvalue weighted by Gasteiger charge is -2.47. The summed E-state index contributed by atoms with van der Waals surface area (Å²) in [7, 11) is 6.98. The van der Waals surface area contributed by atoms with E-state index in [2.05, 4.69) is 20.5 Å². The number of methoxy groups -OCH3 is 2. The van der Waals surface area contributed by atoms with Crippen LogP contribution in [-0.2, 0) is 9.53 Å². The number of nitrogens with zero attached hydrogens (tertiary/aromatic N) is 7. The van der Waals surface area contributed by atoms with Gasteiger partial charge in [0, 0.05) is 51.1 Å². The zero-order chi connectivity index (χ0) is 38.6. The first-order chi connectivity index (χ1) is 25.8. The van der Waals surface area contributed by atoms with Crippen LogP contribution in [0.25, 0.3) is 11.3 Å². The second kappa shape index (κ2) is 16.4. The second-order valence-corrected chi connectivity index (χ2v) is 14.6. The van der Waals surface area contributed by atoms with Gasteiger partial charge in [0.25, 0.3) is 5.91 Å². The van der Waals surface area contributed by atoms with Gasteiger partial charge in [-0.3, -0.25) is 9.59 Å². The standard InChI is InChI=1S/C37H42F3N9O4S/c1-37(40)21-48(22-37)28-16-23(17-41-34(28)49-15-14-47(19-24(49)20-52-4)31(50)10-7-13-46(2)3)27-11-12-29(53-5)33(43-27)45-36-42-18-30(54-36)35(51)44-32-25(38)8-6-9-26(32)39/h6-12,16-18,24H,13-15,19-22H2,1-5H3,(H,44,51)(H,42,43,45)/b10-7+. The van der Waals surface area contributed by atoms with Crippen molar-refractivity contribution in [3.05, 3.63) is 77.5 Å². The van der Waals surface area contributed by atoms with E-state index in [1.165, 1.54) is 19.4 Å². The largest absolute Gasteiger partial charge is 0.493 e. The van der Waals surface area contributed by atoms with E-state index >= 15 is 0 Å². The number of rotatable bonds is 13. The summed E-state index contributed by atoms with van der Waals surface area (Å²) in [4.78, 5) is 47.7. The van der Waals surface area contributed by atoms with Gasteiger partial charge in [-0.15, -0.1) is 0 Å². The summed E-state index contributed by atoms with van der Waals surface area (Å²) in [5.41, 5.74) is 0.000485. The van der Waals surface area contributed by atoms with Crippen LogP contribution >= 0.6 is 11.3 Å². The van der Waals surface area contributed by atoms with Crippen molar-refractivity contribution in [3.63, 3.8) is 0 Å². The molecule has 2 aliphatic rings. The second-order valence-electron chi connectivity index (χ2n) is 13.5. The molecule has 0 bridgehead atoms. The number of nitrogens with one attached hydrogen (secondary N) is 2. The number of ether oxygens (including phenoxy) is 2. The highest BCUT2D eigenvalue weighted by molar-refractivity contribution is 7.17. The molecule has 1 unspecified atom stereocenters. The van der Waals surface area contributed by atoms with Gasteiger partial charge in [0.1, 0.15) is 27.9 Å². The van der Waals surface area contributed by atoms with Crippen LogP contribution in [0, 0.1) is 11.6 Å². The first-order valence-corrected chi connectivity index (χ1v) is 18.0. The van der Waals surface area contributed by atoms with Gasteiger partial charge < -0.3 is 39.7 Å². The Kier molecular flexibility index (Phi) is 11.7. The molecular weight excluding hydrogens is 724 g/mol. The molecule has 6 rings (SSSR count). The minimum atomic E-state index is -1.36. The predicted molar refractivity (Wildman–Crippen MR) is 203 cm³/mol. The Hall–Kier alpha value is -5.26. The van der Waals surface area contributed by atoms with Gasteiger partial charge in [-0.05, 0) is 51.4 Å². The SMILES string of the molecule is COCC1CN(C(=O)/C=C/CN(C)C)CCN1c1ncc(-c2ccc(OC)c(Nc3ncc(C(=O)Nc4c(F)cccc4F)s3)n2)cc1N1CC(C)(F)C1. The van der Waals surface area contributed by atoms with Crippen molar-refractivity contribution >= 4 is 51.3 Å². The van der Waals surface area contributed by atoms with Gasteiger partial charge in [-0.1, -0.05) is 23.5 Å². The third kappa shape index (κ3) is 8.75. The van der Waals surface area contributed by atoms with Crippen LogP contribution in [0.2, 0.25) is 0 Å². The summed E-state index contributed by atoms with van der Waals surface area (Å²) in [5, 5.41) is 5.62. The molecule has 0 aliphatic carbocycles. The van der Waals surface area contributed by atoms with Gasteiger partial charge in [0.2, 0.25) is 5.91 Å². The number of pyridine rings is 2. The molecule has 2 fully saturated rings. The molecule has 2 amide bonds. The summed E-state index contributed by atoms with van der Waals surface area (Å²) in [5.74, 6) is -1.26. The number of aromatic nitrogens is 3. The quantitative estimate of drug-likeness (QED) is 0.174. The molecule has 1 atom stereocenters. The van der Waals surface area contributed by atoms with E-state index in [0.717, 1.165) is 29.2 Å². The van der Waals surface area contributed by atoms with Crippen molar-refractivity contribution in [3.8, 4) is 17.0 Å². The van der Waals surface area contributed by atoms with Gasteiger partial charge in [-0.25, -0.2) is 28.1 Å². The van der Waals surface area contributed by atoms with E-state index in [9.17, 15) is 22.8 Å². The monoisotopic (exact) mass is 765 g/mol. The molecule has 2 saturated heterocycles.